The quantitative estimate of drug-likeness (QED) is 0.876. The predicted octanol–water partition coefficient (Wildman–Crippen LogP) is 3.84. The molecule has 2 rings (SSSR count). The van der Waals surface area contributed by atoms with Crippen LogP contribution in [0.1, 0.15) is 49.8 Å². The van der Waals surface area contributed by atoms with Crippen molar-refractivity contribution in [2.24, 2.45) is 0 Å². The molecule has 1 N–H and O–H groups in total. The van der Waals surface area contributed by atoms with Crippen LogP contribution < -0.4 is 5.32 Å². The van der Waals surface area contributed by atoms with Crippen molar-refractivity contribution in [3.63, 3.8) is 0 Å². The van der Waals surface area contributed by atoms with E-state index in [2.05, 4.69) is 12.2 Å². The molecule has 1 saturated heterocycles. The van der Waals surface area contributed by atoms with E-state index in [0.717, 1.165) is 31.4 Å². The van der Waals surface area contributed by atoms with Gasteiger partial charge in [0.15, 0.2) is 0 Å². The van der Waals surface area contributed by atoms with Crippen LogP contribution in [-0.4, -0.2) is 19.2 Å². The highest BCUT2D eigenvalue weighted by atomic mass is 19.3. The Morgan fingerprint density at radius 3 is 3.00 bits per heavy atom. The van der Waals surface area contributed by atoms with Gasteiger partial charge in [0.25, 0.3) is 6.43 Å². The Kier molecular flexibility index (Phi) is 5.28. The first-order valence-corrected chi connectivity index (χ1v) is 6.93. The Labute approximate surface area is 113 Å². The maximum Gasteiger partial charge on any atom is 0.263 e. The molecular weight excluding hydrogens is 248 g/mol. The lowest BCUT2D eigenvalue weighted by atomic mass is 9.96. The van der Waals surface area contributed by atoms with E-state index in [0.29, 0.717) is 12.6 Å². The molecule has 1 aromatic rings. The highest BCUT2D eigenvalue weighted by Gasteiger charge is 2.24. The molecule has 0 aromatic heterocycles. The summed E-state index contributed by atoms with van der Waals surface area (Å²) in [4.78, 5) is 0. The molecule has 106 valence electrons. The molecular formula is C15H21F2NO. The van der Waals surface area contributed by atoms with Gasteiger partial charge in [-0.05, 0) is 37.4 Å². The number of hydrogen-bond donors (Lipinski definition) is 1. The van der Waals surface area contributed by atoms with Gasteiger partial charge in [-0.15, -0.1) is 0 Å². The van der Waals surface area contributed by atoms with Gasteiger partial charge in [0.1, 0.15) is 0 Å². The van der Waals surface area contributed by atoms with Crippen molar-refractivity contribution in [1.82, 2.24) is 5.32 Å². The summed E-state index contributed by atoms with van der Waals surface area (Å²) in [7, 11) is 0. The second kappa shape index (κ2) is 6.96. The lowest BCUT2D eigenvalue weighted by Gasteiger charge is -2.30. The zero-order valence-electron chi connectivity index (χ0n) is 11.2. The summed E-state index contributed by atoms with van der Waals surface area (Å²) in [6.45, 7) is 3.81. The van der Waals surface area contributed by atoms with Crippen LogP contribution >= 0.6 is 0 Å². The van der Waals surface area contributed by atoms with Crippen LogP contribution in [0.15, 0.2) is 24.3 Å². The molecule has 19 heavy (non-hydrogen) atoms. The molecule has 1 fully saturated rings. The summed E-state index contributed by atoms with van der Waals surface area (Å²) in [6, 6.07) is 7.01. The first-order chi connectivity index (χ1) is 9.20. The number of nitrogens with one attached hydrogen (secondary N) is 1. The largest absolute Gasteiger partial charge is 0.373 e. The lowest BCUT2D eigenvalue weighted by molar-refractivity contribution is 0.000191. The maximum absolute atomic E-state index is 12.7. The van der Waals surface area contributed by atoms with Crippen LogP contribution in [0.5, 0.6) is 0 Å². The van der Waals surface area contributed by atoms with Crippen molar-refractivity contribution in [1.29, 1.82) is 0 Å². The Balaban J connectivity index is 2.02. The van der Waals surface area contributed by atoms with E-state index in [1.54, 1.807) is 12.1 Å². The first-order valence-electron chi connectivity index (χ1n) is 6.93. The summed E-state index contributed by atoms with van der Waals surface area (Å²) in [5.41, 5.74) is 0.936. The Morgan fingerprint density at radius 1 is 1.42 bits per heavy atom. The third-order valence-electron chi connectivity index (χ3n) is 3.50. The molecule has 0 spiro atoms. The molecule has 4 heteroatoms. The third-order valence-corrected chi connectivity index (χ3v) is 3.50. The molecule has 0 saturated carbocycles. The lowest BCUT2D eigenvalue weighted by Crippen LogP contribution is -2.36. The van der Waals surface area contributed by atoms with Crippen molar-refractivity contribution < 1.29 is 13.5 Å². The molecule has 1 aromatic carbocycles. The second-order valence-electron chi connectivity index (χ2n) is 5.01. The minimum Gasteiger partial charge on any atom is -0.373 e. The molecule has 2 unspecified atom stereocenters. The van der Waals surface area contributed by atoms with E-state index in [1.165, 1.54) is 6.07 Å². The molecule has 1 aliphatic heterocycles. The zero-order chi connectivity index (χ0) is 13.7. The van der Waals surface area contributed by atoms with Gasteiger partial charge in [0.05, 0.1) is 6.10 Å². The standard InChI is InChI=1S/C15H21F2NO/c1-2-7-18-13-6-8-19-14(10-13)11-4-3-5-12(9-11)15(16)17/h3-5,9,13-15,18H,2,6-8,10H2,1H3. The van der Waals surface area contributed by atoms with E-state index in [4.69, 9.17) is 4.74 Å². The van der Waals surface area contributed by atoms with E-state index >= 15 is 0 Å². The minimum atomic E-state index is -2.42. The van der Waals surface area contributed by atoms with Crippen molar-refractivity contribution in [3.05, 3.63) is 35.4 Å². The topological polar surface area (TPSA) is 21.3 Å². The van der Waals surface area contributed by atoms with Gasteiger partial charge >= 0.3 is 0 Å². The Hall–Kier alpha value is -1.00. The molecule has 2 nitrogen and oxygen atoms in total. The normalized spacial score (nSPS) is 23.8. The molecule has 1 heterocycles. The van der Waals surface area contributed by atoms with E-state index < -0.39 is 6.43 Å². The van der Waals surface area contributed by atoms with Gasteiger partial charge in [-0.1, -0.05) is 25.1 Å². The maximum atomic E-state index is 12.7. The predicted molar refractivity (Wildman–Crippen MR) is 71.4 cm³/mol. The third kappa shape index (κ3) is 3.98. The molecule has 0 bridgehead atoms. The van der Waals surface area contributed by atoms with Gasteiger partial charge < -0.3 is 10.1 Å². The second-order valence-corrected chi connectivity index (χ2v) is 5.01. The van der Waals surface area contributed by atoms with E-state index in [9.17, 15) is 8.78 Å². The number of hydrogen-bond acceptors (Lipinski definition) is 2. The molecule has 1 aliphatic rings. The van der Waals surface area contributed by atoms with Crippen LogP contribution in [0.3, 0.4) is 0 Å². The number of benzene rings is 1. The summed E-state index contributed by atoms with van der Waals surface area (Å²) in [5, 5.41) is 3.48. The highest BCUT2D eigenvalue weighted by molar-refractivity contribution is 5.26. The summed E-state index contributed by atoms with van der Waals surface area (Å²) in [5.74, 6) is 0. The van der Waals surface area contributed by atoms with Gasteiger partial charge in [-0.2, -0.15) is 0 Å². The number of ether oxygens (including phenoxy) is 1. The van der Waals surface area contributed by atoms with Crippen molar-refractivity contribution >= 4 is 0 Å². The van der Waals surface area contributed by atoms with Crippen LogP contribution in [0.2, 0.25) is 0 Å². The smallest absolute Gasteiger partial charge is 0.263 e. The fraction of sp³-hybridized carbons (Fsp3) is 0.600. The monoisotopic (exact) mass is 269 g/mol. The SMILES string of the molecule is CCCNC1CCOC(c2cccc(C(F)F)c2)C1. The van der Waals surface area contributed by atoms with Crippen molar-refractivity contribution in [2.45, 2.75) is 44.8 Å². The average Bonchev–Trinajstić information content (AvgIpc) is 2.45. The van der Waals surface area contributed by atoms with Gasteiger partial charge in [-0.25, -0.2) is 8.78 Å². The van der Waals surface area contributed by atoms with E-state index in [1.807, 2.05) is 6.07 Å². The van der Waals surface area contributed by atoms with Crippen LogP contribution in [-0.2, 0) is 4.74 Å². The number of alkyl halides is 2. The van der Waals surface area contributed by atoms with Crippen molar-refractivity contribution in [3.8, 4) is 0 Å². The van der Waals surface area contributed by atoms with Crippen LogP contribution in [0, 0.1) is 0 Å². The van der Waals surface area contributed by atoms with Crippen LogP contribution in [0.4, 0.5) is 8.78 Å². The fourth-order valence-electron chi connectivity index (χ4n) is 2.46. The van der Waals surface area contributed by atoms with Gasteiger partial charge in [0.2, 0.25) is 0 Å². The summed E-state index contributed by atoms with van der Waals surface area (Å²) in [6.07, 6.45) is 0.458. The van der Waals surface area contributed by atoms with E-state index in [-0.39, 0.29) is 11.7 Å². The number of rotatable bonds is 5. The molecule has 0 aliphatic carbocycles. The molecule has 0 amide bonds. The molecule has 2 atom stereocenters. The number of halogens is 2. The minimum absolute atomic E-state index is 0.0678. The highest BCUT2D eigenvalue weighted by Crippen LogP contribution is 2.30. The van der Waals surface area contributed by atoms with Crippen LogP contribution in [0.25, 0.3) is 0 Å². The first kappa shape index (κ1) is 14.4. The van der Waals surface area contributed by atoms with Crippen molar-refractivity contribution in [2.75, 3.05) is 13.2 Å². The Bertz CT molecular complexity index is 397. The van der Waals surface area contributed by atoms with Gasteiger partial charge in [-0.3, -0.25) is 0 Å². The summed E-state index contributed by atoms with van der Waals surface area (Å²) >= 11 is 0. The zero-order valence-corrected chi connectivity index (χ0v) is 11.2. The van der Waals surface area contributed by atoms with Gasteiger partial charge in [0, 0.05) is 18.2 Å². The Morgan fingerprint density at radius 2 is 2.26 bits per heavy atom. The molecule has 0 radical (unpaired) electrons. The summed E-state index contributed by atoms with van der Waals surface area (Å²) < 4.78 is 31.1. The fourth-order valence-corrected chi connectivity index (χ4v) is 2.46. The average molecular weight is 269 g/mol.